The van der Waals surface area contributed by atoms with Crippen LogP contribution in [-0.2, 0) is 11.0 Å². The van der Waals surface area contributed by atoms with E-state index in [0.29, 0.717) is 11.3 Å². The van der Waals surface area contributed by atoms with Crippen molar-refractivity contribution in [1.82, 2.24) is 4.98 Å². The molecule has 0 unspecified atom stereocenters. The predicted octanol–water partition coefficient (Wildman–Crippen LogP) is 4.92. The maximum Gasteiger partial charge on any atom is 0.450 e. The Kier molecular flexibility index (Phi) is 6.78. The highest BCUT2D eigenvalue weighted by Crippen LogP contribution is 2.35. The summed E-state index contributed by atoms with van der Waals surface area (Å²) in [5.41, 5.74) is 5.73. The second-order valence-electron chi connectivity index (χ2n) is 4.18. The lowest BCUT2D eigenvalue weighted by Gasteiger charge is -2.02. The van der Waals surface area contributed by atoms with E-state index in [-0.39, 0.29) is 5.01 Å². The van der Waals surface area contributed by atoms with Crippen molar-refractivity contribution in [3.05, 3.63) is 35.3 Å². The Labute approximate surface area is 144 Å². The number of carbonyl (C=O) groups is 1. The van der Waals surface area contributed by atoms with E-state index in [0.717, 1.165) is 16.7 Å². The molecule has 24 heavy (non-hydrogen) atoms. The van der Waals surface area contributed by atoms with Crippen LogP contribution >= 0.6 is 27.3 Å². The first-order chi connectivity index (χ1) is 11.0. The lowest BCUT2D eigenvalue weighted by atomic mass is 10.2. The van der Waals surface area contributed by atoms with Gasteiger partial charge < -0.3 is 5.73 Å². The third-order valence-corrected chi connectivity index (χ3v) is 3.81. The summed E-state index contributed by atoms with van der Waals surface area (Å²) in [6, 6.07) is 6.70. The van der Waals surface area contributed by atoms with Crippen molar-refractivity contribution in [2.24, 2.45) is 0 Å². The number of thiazole rings is 1. The standard InChI is InChI=1S/C10H7F3N2S.C3H2BrF3O/c11-10(12,13)8-5-16-9(15-8)6-3-1-2-4-7(6)14;4-1-2(8)3(5,6)7/h1-5H,14H2;1H2. The van der Waals surface area contributed by atoms with Crippen molar-refractivity contribution in [1.29, 1.82) is 0 Å². The van der Waals surface area contributed by atoms with Gasteiger partial charge in [-0.1, -0.05) is 28.1 Å². The number of carbonyl (C=O) groups excluding carboxylic acids is 1. The summed E-state index contributed by atoms with van der Waals surface area (Å²) < 4.78 is 70.2. The highest BCUT2D eigenvalue weighted by atomic mass is 79.9. The van der Waals surface area contributed by atoms with E-state index < -0.39 is 29.2 Å². The number of alkyl halides is 7. The molecule has 0 aliphatic rings. The SMILES string of the molecule is Nc1ccccc1-c1nc(C(F)(F)F)cs1.O=C(CBr)C(F)(F)F. The summed E-state index contributed by atoms with van der Waals surface area (Å²) in [4.78, 5) is 13.2. The van der Waals surface area contributed by atoms with Gasteiger partial charge in [-0.25, -0.2) is 4.98 Å². The molecule has 0 saturated carbocycles. The number of nitrogen functional groups attached to an aromatic ring is 1. The van der Waals surface area contributed by atoms with Gasteiger partial charge in [0.1, 0.15) is 5.01 Å². The fraction of sp³-hybridized carbons (Fsp3) is 0.231. The van der Waals surface area contributed by atoms with Gasteiger partial charge in [-0.3, -0.25) is 4.79 Å². The van der Waals surface area contributed by atoms with Gasteiger partial charge in [0.2, 0.25) is 5.78 Å². The second-order valence-corrected chi connectivity index (χ2v) is 5.60. The third kappa shape index (κ3) is 5.78. The van der Waals surface area contributed by atoms with Crippen molar-refractivity contribution >= 4 is 38.7 Å². The van der Waals surface area contributed by atoms with E-state index in [1.54, 1.807) is 24.3 Å². The summed E-state index contributed by atoms with van der Waals surface area (Å²) in [6.07, 6.45) is -9.08. The van der Waals surface area contributed by atoms with Gasteiger partial charge >= 0.3 is 12.4 Å². The molecule has 2 N–H and O–H groups in total. The molecule has 2 aromatic rings. The molecule has 11 heteroatoms. The number of nitrogens with zero attached hydrogens (tertiary/aromatic N) is 1. The molecule has 0 amide bonds. The number of aromatic nitrogens is 1. The number of benzene rings is 1. The summed E-state index contributed by atoms with van der Waals surface area (Å²) in [5, 5.41) is 0.614. The molecule has 0 aliphatic carbocycles. The topological polar surface area (TPSA) is 56.0 Å². The molecule has 1 aromatic heterocycles. The molecule has 3 nitrogen and oxygen atoms in total. The van der Waals surface area contributed by atoms with E-state index in [2.05, 4.69) is 20.9 Å². The maximum absolute atomic E-state index is 12.3. The predicted molar refractivity (Wildman–Crippen MR) is 81.8 cm³/mol. The third-order valence-electron chi connectivity index (χ3n) is 2.42. The summed E-state index contributed by atoms with van der Waals surface area (Å²) in [6.45, 7) is 0. The summed E-state index contributed by atoms with van der Waals surface area (Å²) in [5.74, 6) is -1.75. The second kappa shape index (κ2) is 7.97. The number of para-hydroxylation sites is 1. The van der Waals surface area contributed by atoms with E-state index >= 15 is 0 Å². The van der Waals surface area contributed by atoms with Crippen LogP contribution in [0.2, 0.25) is 0 Å². The number of anilines is 1. The summed E-state index contributed by atoms with van der Waals surface area (Å²) in [7, 11) is 0. The van der Waals surface area contributed by atoms with Crippen molar-refractivity contribution in [3.8, 4) is 10.6 Å². The largest absolute Gasteiger partial charge is 0.450 e. The van der Waals surface area contributed by atoms with E-state index in [1.807, 2.05) is 0 Å². The summed E-state index contributed by atoms with van der Waals surface area (Å²) >= 11 is 3.31. The van der Waals surface area contributed by atoms with Gasteiger partial charge in [-0.15, -0.1) is 11.3 Å². The number of nitrogens with two attached hydrogens (primary N) is 1. The van der Waals surface area contributed by atoms with Crippen LogP contribution in [-0.4, -0.2) is 22.3 Å². The molecule has 0 fully saturated rings. The zero-order valence-corrected chi connectivity index (χ0v) is 14.0. The molecule has 132 valence electrons. The zero-order valence-electron chi connectivity index (χ0n) is 11.6. The van der Waals surface area contributed by atoms with Crippen LogP contribution in [0.1, 0.15) is 5.69 Å². The lowest BCUT2D eigenvalue weighted by molar-refractivity contribution is -0.167. The normalized spacial score (nSPS) is 11.6. The number of rotatable bonds is 2. The molecule has 1 aromatic carbocycles. The van der Waals surface area contributed by atoms with Crippen LogP contribution in [0, 0.1) is 0 Å². The Morgan fingerprint density at radius 1 is 1.17 bits per heavy atom. The molecule has 1 heterocycles. The van der Waals surface area contributed by atoms with Crippen LogP contribution < -0.4 is 5.73 Å². The van der Waals surface area contributed by atoms with E-state index in [4.69, 9.17) is 5.73 Å². The molecule has 2 rings (SSSR count). The van der Waals surface area contributed by atoms with Crippen molar-refractivity contribution < 1.29 is 31.1 Å². The van der Waals surface area contributed by atoms with E-state index in [9.17, 15) is 31.1 Å². The number of hydrogen-bond acceptors (Lipinski definition) is 4. The Morgan fingerprint density at radius 3 is 2.12 bits per heavy atom. The van der Waals surface area contributed by atoms with Crippen LogP contribution in [0.5, 0.6) is 0 Å². The van der Waals surface area contributed by atoms with Crippen LogP contribution in [0.15, 0.2) is 29.6 Å². The molecular formula is C13H9BrF6N2OS. The van der Waals surface area contributed by atoms with Gasteiger partial charge in [0.25, 0.3) is 0 Å². The maximum atomic E-state index is 12.3. The highest BCUT2D eigenvalue weighted by molar-refractivity contribution is 9.09. The van der Waals surface area contributed by atoms with Crippen LogP contribution in [0.4, 0.5) is 32.0 Å². The highest BCUT2D eigenvalue weighted by Gasteiger charge is 2.36. The molecule has 0 bridgehead atoms. The van der Waals surface area contributed by atoms with Crippen molar-refractivity contribution in [2.45, 2.75) is 12.4 Å². The van der Waals surface area contributed by atoms with Gasteiger partial charge in [0.05, 0.1) is 5.33 Å². The van der Waals surface area contributed by atoms with Crippen LogP contribution in [0.25, 0.3) is 10.6 Å². The Morgan fingerprint density at radius 2 is 1.75 bits per heavy atom. The Balaban J connectivity index is 0.000000307. The smallest absolute Gasteiger partial charge is 0.398 e. The van der Waals surface area contributed by atoms with Gasteiger partial charge in [0.15, 0.2) is 5.69 Å². The number of halogens is 7. The fourth-order valence-electron chi connectivity index (χ4n) is 1.30. The van der Waals surface area contributed by atoms with Crippen LogP contribution in [0.3, 0.4) is 0 Å². The number of Topliss-reactive ketones (excluding diaryl/α,β-unsaturated/α-hetero) is 1. The lowest BCUT2D eigenvalue weighted by Crippen LogP contribution is -2.23. The first-order valence-electron chi connectivity index (χ1n) is 6.00. The number of hydrogen-bond donors (Lipinski definition) is 1. The Bertz CT molecular complexity index is 698. The number of ketones is 1. The average molecular weight is 435 g/mol. The van der Waals surface area contributed by atoms with Gasteiger partial charge in [-0.05, 0) is 12.1 Å². The molecule has 0 aliphatic heterocycles. The average Bonchev–Trinajstić information content (AvgIpc) is 2.96. The van der Waals surface area contributed by atoms with Crippen molar-refractivity contribution in [2.75, 3.05) is 11.1 Å². The molecular weight excluding hydrogens is 426 g/mol. The van der Waals surface area contributed by atoms with Gasteiger partial charge in [-0.2, -0.15) is 26.3 Å². The Hall–Kier alpha value is -1.62. The molecule has 0 atom stereocenters. The van der Waals surface area contributed by atoms with Crippen molar-refractivity contribution in [3.63, 3.8) is 0 Å². The first-order valence-corrected chi connectivity index (χ1v) is 8.00. The zero-order chi connectivity index (χ0) is 18.5. The van der Waals surface area contributed by atoms with E-state index in [1.165, 1.54) is 0 Å². The molecule has 0 saturated heterocycles. The fourth-order valence-corrected chi connectivity index (χ4v) is 2.49. The van der Waals surface area contributed by atoms with Gasteiger partial charge in [0, 0.05) is 16.6 Å². The minimum absolute atomic E-state index is 0.283. The minimum Gasteiger partial charge on any atom is -0.398 e. The minimum atomic E-state index is -4.68. The molecule has 0 radical (unpaired) electrons. The first kappa shape index (κ1) is 20.4. The quantitative estimate of drug-likeness (QED) is 0.414. The molecule has 0 spiro atoms. The monoisotopic (exact) mass is 434 g/mol.